The van der Waals surface area contributed by atoms with Crippen LogP contribution < -0.4 is 0 Å². The van der Waals surface area contributed by atoms with E-state index in [1.807, 2.05) is 0 Å². The summed E-state index contributed by atoms with van der Waals surface area (Å²) in [6.07, 6.45) is 4.77. The van der Waals surface area contributed by atoms with Crippen molar-refractivity contribution < 1.29 is 0 Å². The van der Waals surface area contributed by atoms with E-state index in [1.165, 1.54) is 24.2 Å². The summed E-state index contributed by atoms with van der Waals surface area (Å²) in [5.41, 5.74) is 4.87. The summed E-state index contributed by atoms with van der Waals surface area (Å²) >= 11 is 0. The van der Waals surface area contributed by atoms with E-state index < -0.39 is 0 Å². The zero-order valence-corrected chi connectivity index (χ0v) is 9.46. The number of likely N-dealkylation sites (N-methyl/N-ethyl adjacent to an activating group) is 1. The van der Waals surface area contributed by atoms with Crippen molar-refractivity contribution in [1.29, 1.82) is 0 Å². The number of likely N-dealkylation sites (tertiary alicyclic amines) is 1. The van der Waals surface area contributed by atoms with Crippen molar-refractivity contribution in [1.82, 2.24) is 4.90 Å². The maximum Gasteiger partial charge on any atom is 0.0340 e. The van der Waals surface area contributed by atoms with E-state index >= 15 is 0 Å². The van der Waals surface area contributed by atoms with Crippen LogP contribution in [0.15, 0.2) is 36.0 Å². The second-order valence-corrected chi connectivity index (χ2v) is 4.95. The second kappa shape index (κ2) is 2.88. The molecule has 0 saturated carbocycles. The minimum Gasteiger partial charge on any atom is -0.377 e. The van der Waals surface area contributed by atoms with Crippen molar-refractivity contribution in [2.45, 2.75) is 25.2 Å². The molecule has 1 aliphatic carbocycles. The van der Waals surface area contributed by atoms with E-state index in [2.05, 4.69) is 49.2 Å². The largest absolute Gasteiger partial charge is 0.377 e. The maximum atomic E-state index is 2.41. The summed E-state index contributed by atoms with van der Waals surface area (Å²) < 4.78 is 0. The van der Waals surface area contributed by atoms with Crippen molar-refractivity contribution in [2.24, 2.45) is 0 Å². The van der Waals surface area contributed by atoms with Gasteiger partial charge in [0.2, 0.25) is 0 Å². The van der Waals surface area contributed by atoms with Crippen molar-refractivity contribution in [2.75, 3.05) is 13.6 Å². The number of rotatable bonds is 0. The Balaban J connectivity index is 2.19. The molecule has 1 heterocycles. The summed E-state index contributed by atoms with van der Waals surface area (Å²) in [6.45, 7) is 3.58. The van der Waals surface area contributed by atoms with E-state index in [-0.39, 0.29) is 5.41 Å². The molecule has 1 nitrogen and oxygen atoms in total. The summed E-state index contributed by atoms with van der Waals surface area (Å²) in [5.74, 6) is 0. The molecule has 15 heavy (non-hydrogen) atoms. The van der Waals surface area contributed by atoms with Crippen LogP contribution in [-0.4, -0.2) is 18.5 Å². The summed E-state index contributed by atoms with van der Waals surface area (Å²) in [4.78, 5) is 2.41. The highest BCUT2D eigenvalue weighted by molar-refractivity contribution is 5.47. The van der Waals surface area contributed by atoms with Gasteiger partial charge in [-0.3, -0.25) is 0 Å². The van der Waals surface area contributed by atoms with Crippen LogP contribution in [-0.2, 0) is 11.8 Å². The molecule has 1 unspecified atom stereocenters. The number of fused-ring (bicyclic) bond motifs is 3. The van der Waals surface area contributed by atoms with Crippen LogP contribution >= 0.6 is 0 Å². The fourth-order valence-corrected chi connectivity index (χ4v) is 3.16. The zero-order chi connectivity index (χ0) is 10.5. The first-order valence-electron chi connectivity index (χ1n) is 5.72. The highest BCUT2D eigenvalue weighted by Gasteiger charge is 2.41. The monoisotopic (exact) mass is 199 g/mol. The van der Waals surface area contributed by atoms with Gasteiger partial charge in [-0.1, -0.05) is 30.3 Å². The lowest BCUT2D eigenvalue weighted by atomic mass is 9.73. The lowest BCUT2D eigenvalue weighted by Crippen LogP contribution is -2.28. The fraction of sp³-hybridized carbons (Fsp3) is 0.429. The molecule has 0 radical (unpaired) electrons. The Morgan fingerprint density at radius 1 is 1.27 bits per heavy atom. The highest BCUT2D eigenvalue weighted by Crippen LogP contribution is 2.45. The minimum absolute atomic E-state index is 0.281. The third-order valence-electron chi connectivity index (χ3n) is 4.05. The molecule has 0 aromatic heterocycles. The van der Waals surface area contributed by atoms with E-state index in [0.717, 1.165) is 6.42 Å². The topological polar surface area (TPSA) is 3.24 Å². The Hall–Kier alpha value is -1.24. The Kier molecular flexibility index (Phi) is 1.73. The quantitative estimate of drug-likeness (QED) is 0.621. The van der Waals surface area contributed by atoms with E-state index in [1.54, 1.807) is 5.56 Å². The van der Waals surface area contributed by atoms with Crippen LogP contribution in [0.5, 0.6) is 0 Å². The van der Waals surface area contributed by atoms with Gasteiger partial charge in [0.25, 0.3) is 0 Å². The molecule has 1 fully saturated rings. The van der Waals surface area contributed by atoms with Gasteiger partial charge in [0.1, 0.15) is 0 Å². The normalized spacial score (nSPS) is 28.4. The molecule has 1 saturated heterocycles. The number of allylic oxidation sites excluding steroid dienone is 2. The van der Waals surface area contributed by atoms with Gasteiger partial charge in [-0.05, 0) is 30.9 Å². The molecule has 1 aliphatic heterocycles. The molecular weight excluding hydrogens is 182 g/mol. The van der Waals surface area contributed by atoms with Gasteiger partial charge < -0.3 is 4.90 Å². The zero-order valence-electron chi connectivity index (χ0n) is 9.46. The number of benzene rings is 1. The van der Waals surface area contributed by atoms with Crippen molar-refractivity contribution >= 4 is 0 Å². The van der Waals surface area contributed by atoms with Crippen LogP contribution in [0, 0.1) is 0 Å². The molecule has 1 aromatic rings. The molecule has 1 aromatic carbocycles. The number of hydrogen-bond acceptors (Lipinski definition) is 1. The Morgan fingerprint density at radius 2 is 2.07 bits per heavy atom. The van der Waals surface area contributed by atoms with Crippen LogP contribution in [0.3, 0.4) is 0 Å². The summed E-state index contributed by atoms with van der Waals surface area (Å²) in [6, 6.07) is 8.90. The molecule has 0 amide bonds. The fourth-order valence-electron chi connectivity index (χ4n) is 3.16. The first-order valence-corrected chi connectivity index (χ1v) is 5.72. The molecule has 0 N–H and O–H groups in total. The Labute approximate surface area is 91.4 Å². The van der Waals surface area contributed by atoms with Gasteiger partial charge in [0.15, 0.2) is 0 Å². The first kappa shape index (κ1) is 9.02. The average Bonchev–Trinajstić information content (AvgIpc) is 2.56. The third-order valence-corrected chi connectivity index (χ3v) is 4.05. The lowest BCUT2D eigenvalue weighted by molar-refractivity contribution is 0.464. The maximum absolute atomic E-state index is 2.41. The molecule has 3 rings (SSSR count). The standard InChI is InChI=1S/C14H17N/c1-14-9-10-15(2)13(14)8-7-11-5-3-4-6-12(11)14/h3-6,8H,7,9-10H2,1-2H3. The molecular formula is C14H17N. The van der Waals surface area contributed by atoms with E-state index in [9.17, 15) is 0 Å². The highest BCUT2D eigenvalue weighted by atomic mass is 15.1. The van der Waals surface area contributed by atoms with Gasteiger partial charge in [0, 0.05) is 24.7 Å². The van der Waals surface area contributed by atoms with Crippen LogP contribution in [0.1, 0.15) is 24.5 Å². The molecule has 1 atom stereocenters. The number of nitrogens with zero attached hydrogens (tertiary/aromatic N) is 1. The summed E-state index contributed by atoms with van der Waals surface area (Å²) in [7, 11) is 2.21. The Bertz CT molecular complexity index is 433. The van der Waals surface area contributed by atoms with Crippen LogP contribution in [0.25, 0.3) is 0 Å². The van der Waals surface area contributed by atoms with Crippen molar-refractivity contribution in [3.8, 4) is 0 Å². The molecule has 2 aliphatic rings. The van der Waals surface area contributed by atoms with E-state index in [4.69, 9.17) is 0 Å². The lowest BCUT2D eigenvalue weighted by Gasteiger charge is -2.33. The van der Waals surface area contributed by atoms with Gasteiger partial charge in [-0.25, -0.2) is 0 Å². The second-order valence-electron chi connectivity index (χ2n) is 4.95. The van der Waals surface area contributed by atoms with Gasteiger partial charge in [-0.15, -0.1) is 0 Å². The smallest absolute Gasteiger partial charge is 0.0340 e. The minimum atomic E-state index is 0.281. The summed E-state index contributed by atoms with van der Waals surface area (Å²) in [5, 5.41) is 0. The van der Waals surface area contributed by atoms with Crippen molar-refractivity contribution in [3.63, 3.8) is 0 Å². The molecule has 78 valence electrons. The Morgan fingerprint density at radius 3 is 2.93 bits per heavy atom. The first-order chi connectivity index (χ1) is 7.22. The van der Waals surface area contributed by atoms with Gasteiger partial charge in [-0.2, -0.15) is 0 Å². The predicted molar refractivity (Wildman–Crippen MR) is 62.8 cm³/mol. The van der Waals surface area contributed by atoms with E-state index in [0.29, 0.717) is 0 Å². The third kappa shape index (κ3) is 1.09. The SMILES string of the molecule is CN1CCC2(C)C1=CCc1ccccc12. The molecule has 1 heteroatoms. The van der Waals surface area contributed by atoms with Crippen LogP contribution in [0.4, 0.5) is 0 Å². The predicted octanol–water partition coefficient (Wildman–Crippen LogP) is 2.72. The van der Waals surface area contributed by atoms with Crippen LogP contribution in [0.2, 0.25) is 0 Å². The average molecular weight is 199 g/mol. The van der Waals surface area contributed by atoms with Gasteiger partial charge in [0.05, 0.1) is 0 Å². The molecule has 0 spiro atoms. The van der Waals surface area contributed by atoms with Gasteiger partial charge >= 0.3 is 0 Å². The molecule has 0 bridgehead atoms. The van der Waals surface area contributed by atoms with Crippen molar-refractivity contribution in [3.05, 3.63) is 47.2 Å². The number of hydrogen-bond donors (Lipinski definition) is 0.